The number of hydrogen-bond acceptors (Lipinski definition) is 2. The maximum Gasteiger partial charge on any atom is 0.296 e. The number of para-hydroxylation sites is 2. The van der Waals surface area contributed by atoms with E-state index >= 15 is 0 Å². The first-order valence-electron chi connectivity index (χ1n) is 7.76. The van der Waals surface area contributed by atoms with Crippen molar-refractivity contribution in [3.05, 3.63) is 70.6 Å². The second-order valence-corrected chi connectivity index (χ2v) is 5.68. The van der Waals surface area contributed by atoms with Gasteiger partial charge in [-0.3, -0.25) is 4.79 Å². The number of aromatic nitrogens is 3. The van der Waals surface area contributed by atoms with Crippen molar-refractivity contribution >= 4 is 21.8 Å². The fourth-order valence-electron chi connectivity index (χ4n) is 3.27. The van der Waals surface area contributed by atoms with Crippen molar-refractivity contribution in [1.29, 1.82) is 0 Å². The van der Waals surface area contributed by atoms with Crippen molar-refractivity contribution in [2.24, 2.45) is 7.05 Å². The average molecular weight is 303 g/mol. The zero-order chi connectivity index (χ0) is 16.0. The fourth-order valence-corrected chi connectivity index (χ4v) is 3.27. The highest BCUT2D eigenvalue weighted by molar-refractivity contribution is 6.07. The van der Waals surface area contributed by atoms with Crippen LogP contribution in [-0.2, 0) is 13.5 Å². The van der Waals surface area contributed by atoms with E-state index < -0.39 is 0 Å². The van der Waals surface area contributed by atoms with Crippen LogP contribution < -0.4 is 5.56 Å². The van der Waals surface area contributed by atoms with Crippen molar-refractivity contribution in [3.8, 4) is 5.69 Å². The molecule has 0 amide bonds. The molecular weight excluding hydrogens is 286 g/mol. The lowest BCUT2D eigenvalue weighted by Crippen LogP contribution is -2.23. The van der Waals surface area contributed by atoms with E-state index in [9.17, 15) is 4.79 Å². The normalized spacial score (nSPS) is 11.4. The summed E-state index contributed by atoms with van der Waals surface area (Å²) in [6, 6.07) is 15.9. The van der Waals surface area contributed by atoms with Crippen molar-refractivity contribution in [2.75, 3.05) is 0 Å². The Morgan fingerprint density at radius 2 is 1.74 bits per heavy atom. The Balaban J connectivity index is 2.12. The molecule has 2 aromatic carbocycles. The van der Waals surface area contributed by atoms with Crippen LogP contribution in [0.4, 0.5) is 0 Å². The summed E-state index contributed by atoms with van der Waals surface area (Å²) in [6.45, 7) is 2.08. The topological polar surface area (TPSA) is 39.8 Å². The number of rotatable bonds is 2. The number of benzene rings is 2. The number of nitrogens with zero attached hydrogens (tertiary/aromatic N) is 3. The zero-order valence-electron chi connectivity index (χ0n) is 13.2. The van der Waals surface area contributed by atoms with Gasteiger partial charge in [0, 0.05) is 23.3 Å². The first-order valence-corrected chi connectivity index (χ1v) is 7.76. The summed E-state index contributed by atoms with van der Waals surface area (Å²) in [5.41, 5.74) is 3.62. The van der Waals surface area contributed by atoms with E-state index in [2.05, 4.69) is 12.0 Å². The van der Waals surface area contributed by atoms with Crippen LogP contribution in [0.3, 0.4) is 0 Å². The summed E-state index contributed by atoms with van der Waals surface area (Å²) in [4.78, 5) is 13.1. The largest absolute Gasteiger partial charge is 0.339 e. The summed E-state index contributed by atoms with van der Waals surface area (Å²) in [7, 11) is 1.93. The summed E-state index contributed by atoms with van der Waals surface area (Å²) in [5, 5.41) is 6.40. The van der Waals surface area contributed by atoms with Crippen molar-refractivity contribution < 1.29 is 0 Å². The Hall–Kier alpha value is -2.88. The second-order valence-electron chi connectivity index (χ2n) is 5.68. The molecule has 4 nitrogen and oxygen atoms in total. The van der Waals surface area contributed by atoms with Gasteiger partial charge in [0.15, 0.2) is 0 Å². The molecule has 4 rings (SSSR count). The quantitative estimate of drug-likeness (QED) is 0.569. The van der Waals surface area contributed by atoms with Gasteiger partial charge >= 0.3 is 0 Å². The summed E-state index contributed by atoms with van der Waals surface area (Å²) in [6.07, 6.45) is 2.66. The van der Waals surface area contributed by atoms with Crippen LogP contribution in [-0.4, -0.2) is 14.3 Å². The molecular formula is C19H17N3O. The lowest BCUT2D eigenvalue weighted by Gasteiger charge is -2.09. The summed E-state index contributed by atoms with van der Waals surface area (Å²) >= 11 is 0. The Labute approximate surface area is 133 Å². The molecule has 0 aliphatic rings. The molecule has 0 unspecified atom stereocenters. The highest BCUT2D eigenvalue weighted by Crippen LogP contribution is 2.25. The predicted octanol–water partition coefficient (Wildman–Crippen LogP) is 3.44. The van der Waals surface area contributed by atoms with Crippen LogP contribution in [0, 0.1) is 0 Å². The van der Waals surface area contributed by atoms with Gasteiger partial charge in [0.2, 0.25) is 0 Å². The molecule has 0 radical (unpaired) electrons. The number of hydrogen-bond donors (Lipinski definition) is 0. The lowest BCUT2D eigenvalue weighted by atomic mass is 10.1. The van der Waals surface area contributed by atoms with Crippen LogP contribution in [0.25, 0.3) is 27.5 Å². The molecule has 0 spiro atoms. The third-order valence-electron chi connectivity index (χ3n) is 4.44. The molecule has 2 aromatic heterocycles. The molecule has 0 bridgehead atoms. The van der Waals surface area contributed by atoms with Crippen LogP contribution in [0.15, 0.2) is 59.5 Å². The summed E-state index contributed by atoms with van der Waals surface area (Å²) < 4.78 is 3.47. The van der Waals surface area contributed by atoms with E-state index in [1.165, 1.54) is 4.68 Å². The summed E-state index contributed by atoms with van der Waals surface area (Å²) in [5.74, 6) is 0. The van der Waals surface area contributed by atoms with Crippen LogP contribution >= 0.6 is 0 Å². The van der Waals surface area contributed by atoms with Crippen molar-refractivity contribution in [1.82, 2.24) is 14.3 Å². The molecule has 0 aliphatic heterocycles. The Morgan fingerprint density at radius 3 is 2.57 bits per heavy atom. The molecule has 0 saturated carbocycles. The first kappa shape index (κ1) is 13.8. The van der Waals surface area contributed by atoms with Gasteiger partial charge in [-0.05, 0) is 24.1 Å². The van der Waals surface area contributed by atoms with E-state index in [1.54, 1.807) is 6.20 Å². The van der Waals surface area contributed by atoms with E-state index in [-0.39, 0.29) is 5.56 Å². The Kier molecular flexibility index (Phi) is 3.05. The van der Waals surface area contributed by atoms with E-state index in [0.717, 1.165) is 34.0 Å². The predicted molar refractivity (Wildman–Crippen MR) is 93.2 cm³/mol. The van der Waals surface area contributed by atoms with Gasteiger partial charge in [-0.1, -0.05) is 43.3 Å². The van der Waals surface area contributed by atoms with Gasteiger partial charge in [-0.25, -0.2) is 0 Å². The maximum atomic E-state index is 13.1. The number of fused-ring (bicyclic) bond motifs is 3. The molecule has 114 valence electrons. The molecule has 0 saturated heterocycles. The first-order chi connectivity index (χ1) is 11.2. The molecule has 4 aromatic rings. The lowest BCUT2D eigenvalue weighted by molar-refractivity contribution is 0.800. The minimum absolute atomic E-state index is 0.0814. The second kappa shape index (κ2) is 5.09. The molecule has 2 heterocycles. The zero-order valence-corrected chi connectivity index (χ0v) is 13.2. The molecule has 0 atom stereocenters. The van der Waals surface area contributed by atoms with Crippen molar-refractivity contribution in [3.63, 3.8) is 0 Å². The highest BCUT2D eigenvalue weighted by atomic mass is 16.1. The minimum atomic E-state index is -0.0814. The standard InChI is InChI=1S/C19H17N3O/c1-3-13-8-4-6-10-16(13)22-19(23)18-15(12-20-22)14-9-5-7-11-17(14)21(18)2/h4-12H,3H2,1-2H3. The van der Waals surface area contributed by atoms with Crippen LogP contribution in [0.1, 0.15) is 12.5 Å². The average Bonchev–Trinajstić information content (AvgIpc) is 2.89. The SMILES string of the molecule is CCc1ccccc1-n1ncc2c3ccccc3n(C)c2c1=O. The monoisotopic (exact) mass is 303 g/mol. The molecule has 0 fully saturated rings. The Morgan fingerprint density at radius 1 is 1.00 bits per heavy atom. The van der Waals surface area contributed by atoms with Gasteiger partial charge in [0.25, 0.3) is 5.56 Å². The third kappa shape index (κ3) is 1.91. The van der Waals surface area contributed by atoms with E-state index in [1.807, 2.05) is 60.1 Å². The van der Waals surface area contributed by atoms with E-state index in [4.69, 9.17) is 0 Å². The van der Waals surface area contributed by atoms with Crippen LogP contribution in [0.2, 0.25) is 0 Å². The number of aryl methyl sites for hydroxylation is 2. The highest BCUT2D eigenvalue weighted by Gasteiger charge is 2.15. The third-order valence-corrected chi connectivity index (χ3v) is 4.44. The van der Waals surface area contributed by atoms with Crippen LogP contribution in [0.5, 0.6) is 0 Å². The fraction of sp³-hybridized carbons (Fsp3) is 0.158. The van der Waals surface area contributed by atoms with Gasteiger partial charge < -0.3 is 4.57 Å². The maximum absolute atomic E-state index is 13.1. The molecule has 23 heavy (non-hydrogen) atoms. The Bertz CT molecular complexity index is 1090. The molecule has 0 N–H and O–H groups in total. The van der Waals surface area contributed by atoms with Crippen molar-refractivity contribution in [2.45, 2.75) is 13.3 Å². The van der Waals surface area contributed by atoms with Gasteiger partial charge in [-0.15, -0.1) is 0 Å². The molecule has 4 heteroatoms. The minimum Gasteiger partial charge on any atom is -0.339 e. The van der Waals surface area contributed by atoms with E-state index in [0.29, 0.717) is 5.52 Å². The van der Waals surface area contributed by atoms with Gasteiger partial charge in [-0.2, -0.15) is 9.78 Å². The molecule has 0 aliphatic carbocycles. The van der Waals surface area contributed by atoms with Gasteiger partial charge in [0.05, 0.1) is 11.9 Å². The van der Waals surface area contributed by atoms with Gasteiger partial charge in [0.1, 0.15) is 5.52 Å². The smallest absolute Gasteiger partial charge is 0.296 e.